The van der Waals surface area contributed by atoms with E-state index in [1.807, 2.05) is 13.8 Å². The highest BCUT2D eigenvalue weighted by molar-refractivity contribution is 5.89. The summed E-state index contributed by atoms with van der Waals surface area (Å²) >= 11 is 0. The molecule has 5 rings (SSSR count). The largest absolute Gasteiger partial charge is 0.490 e. The molecule has 13 heteroatoms. The van der Waals surface area contributed by atoms with Gasteiger partial charge in [0.1, 0.15) is 5.82 Å². The van der Waals surface area contributed by atoms with Gasteiger partial charge in [0.25, 0.3) is 0 Å². The molecule has 0 bridgehead atoms. The molecule has 2 atom stereocenters. The number of likely N-dealkylation sites (tertiary alicyclic amines) is 1. The van der Waals surface area contributed by atoms with Gasteiger partial charge in [0, 0.05) is 50.1 Å². The van der Waals surface area contributed by atoms with Crippen molar-refractivity contribution < 1.29 is 27.2 Å². The number of hydrogen-bond donors (Lipinski definition) is 1. The Balaban J connectivity index is 1.11. The monoisotopic (exact) mass is 545 g/mol. The molecule has 4 heterocycles. The van der Waals surface area contributed by atoms with E-state index in [1.165, 1.54) is 0 Å². The molecule has 3 aromatic rings. The number of anilines is 1. The maximum atomic E-state index is 14.3. The van der Waals surface area contributed by atoms with Crippen LogP contribution in [-0.4, -0.2) is 69.7 Å². The fraction of sp³-hybridized carbons (Fsp3) is 0.500. The highest BCUT2D eigenvalue weighted by Gasteiger charge is 2.35. The first-order valence-electron chi connectivity index (χ1n) is 12.9. The van der Waals surface area contributed by atoms with Crippen molar-refractivity contribution in [3.63, 3.8) is 0 Å². The van der Waals surface area contributed by atoms with Crippen LogP contribution < -0.4 is 15.4 Å². The highest BCUT2D eigenvalue weighted by atomic mass is 19.2. The second-order valence-electron chi connectivity index (χ2n) is 10.3. The zero-order valence-electron chi connectivity index (χ0n) is 21.7. The molecule has 0 spiro atoms. The van der Waals surface area contributed by atoms with Gasteiger partial charge in [-0.05, 0) is 30.4 Å². The third-order valence-corrected chi connectivity index (χ3v) is 7.23. The third-order valence-electron chi connectivity index (χ3n) is 7.23. The molecule has 0 aliphatic carbocycles. The fourth-order valence-corrected chi connectivity index (χ4v) is 4.90. The summed E-state index contributed by atoms with van der Waals surface area (Å²) in [6, 6.07) is 0.907. The Labute approximate surface area is 223 Å². The van der Waals surface area contributed by atoms with Crippen molar-refractivity contribution in [1.82, 2.24) is 25.0 Å². The van der Waals surface area contributed by atoms with Gasteiger partial charge in [-0.3, -0.25) is 4.79 Å². The van der Waals surface area contributed by atoms with Gasteiger partial charge >= 0.3 is 11.8 Å². The van der Waals surface area contributed by atoms with Gasteiger partial charge in [-0.25, -0.2) is 23.1 Å². The normalized spacial score (nSPS) is 20.2. The number of aromatic nitrogens is 4. The van der Waals surface area contributed by atoms with Crippen LogP contribution in [0.3, 0.4) is 0 Å². The minimum Gasteiger partial charge on any atom is -0.490 e. The van der Waals surface area contributed by atoms with Crippen molar-refractivity contribution in [3.8, 4) is 5.75 Å². The van der Waals surface area contributed by atoms with Gasteiger partial charge in [0.05, 0.1) is 19.0 Å². The molecule has 1 aromatic carbocycles. The van der Waals surface area contributed by atoms with E-state index in [0.717, 1.165) is 18.9 Å². The van der Waals surface area contributed by atoms with E-state index < -0.39 is 29.4 Å². The summed E-state index contributed by atoms with van der Waals surface area (Å²) in [5.41, 5.74) is 6.23. The maximum absolute atomic E-state index is 14.3. The Kier molecular flexibility index (Phi) is 7.69. The average Bonchev–Trinajstić information content (AvgIpc) is 3.57. The zero-order chi connectivity index (χ0) is 27.7. The lowest BCUT2D eigenvalue weighted by molar-refractivity contribution is 0.0612. The van der Waals surface area contributed by atoms with E-state index in [0.29, 0.717) is 49.8 Å². The molecule has 0 unspecified atom stereocenters. The fourth-order valence-electron chi connectivity index (χ4n) is 4.90. The van der Waals surface area contributed by atoms with Crippen LogP contribution in [0.25, 0.3) is 0 Å². The predicted octanol–water partition coefficient (Wildman–Crippen LogP) is 3.26. The molecule has 2 N–H and O–H groups in total. The van der Waals surface area contributed by atoms with Gasteiger partial charge in [0.2, 0.25) is 5.95 Å². The lowest BCUT2D eigenvalue weighted by Crippen LogP contribution is -2.39. The van der Waals surface area contributed by atoms with E-state index in [9.17, 15) is 18.0 Å². The second-order valence-corrected chi connectivity index (χ2v) is 10.3. The van der Waals surface area contributed by atoms with Gasteiger partial charge in [-0.2, -0.15) is 4.98 Å². The van der Waals surface area contributed by atoms with E-state index in [-0.39, 0.29) is 35.7 Å². The molecule has 2 fully saturated rings. The summed E-state index contributed by atoms with van der Waals surface area (Å²) in [5, 5.41) is 3.86. The first kappa shape index (κ1) is 26.9. The molecule has 39 heavy (non-hydrogen) atoms. The number of hydrogen-bond acceptors (Lipinski definition) is 9. The Morgan fingerprint density at radius 1 is 1.10 bits per heavy atom. The molecular weight excluding hydrogens is 515 g/mol. The molecule has 2 saturated heterocycles. The molecule has 0 saturated carbocycles. The summed E-state index contributed by atoms with van der Waals surface area (Å²) in [4.78, 5) is 29.0. The van der Waals surface area contributed by atoms with Gasteiger partial charge in [-0.15, -0.1) is 0 Å². The minimum absolute atomic E-state index is 0.0193. The number of piperidine rings is 1. The van der Waals surface area contributed by atoms with E-state index in [1.54, 1.807) is 22.2 Å². The van der Waals surface area contributed by atoms with E-state index >= 15 is 0 Å². The Hall–Kier alpha value is -3.74. The first-order valence-corrected chi connectivity index (χ1v) is 12.9. The number of halogens is 3. The van der Waals surface area contributed by atoms with Gasteiger partial charge in [-0.1, -0.05) is 19.0 Å². The lowest BCUT2D eigenvalue weighted by Gasteiger charge is -2.30. The zero-order valence-corrected chi connectivity index (χ0v) is 21.7. The molecule has 10 nitrogen and oxygen atoms in total. The van der Waals surface area contributed by atoms with Crippen molar-refractivity contribution in [1.29, 1.82) is 0 Å². The Morgan fingerprint density at radius 2 is 1.79 bits per heavy atom. The number of carbonyl (C=O) groups excluding carboxylic acids is 1. The molecule has 2 aromatic heterocycles. The van der Waals surface area contributed by atoms with Crippen LogP contribution in [-0.2, 0) is 0 Å². The molecule has 2 aliphatic heterocycles. The van der Waals surface area contributed by atoms with E-state index in [2.05, 4.69) is 20.1 Å². The first-order chi connectivity index (χ1) is 18.7. The molecule has 1 amide bonds. The smallest absolute Gasteiger partial charge is 0.316 e. The molecule has 0 radical (unpaired) electrons. The van der Waals surface area contributed by atoms with Crippen molar-refractivity contribution in [2.45, 2.75) is 44.6 Å². The number of nitrogens with two attached hydrogens (primary N) is 1. The van der Waals surface area contributed by atoms with Crippen molar-refractivity contribution in [2.24, 2.45) is 11.7 Å². The molecule has 208 valence electrons. The highest BCUT2D eigenvalue weighted by Crippen LogP contribution is 2.31. The number of amides is 1. The number of carbonyl (C=O) groups is 1. The summed E-state index contributed by atoms with van der Waals surface area (Å²) in [7, 11) is 0. The summed E-state index contributed by atoms with van der Waals surface area (Å²) < 4.78 is 52.3. The quantitative estimate of drug-likeness (QED) is 0.446. The SMILES string of the molecule is CC(C)c1noc(C(=O)N2CCC(COc3cnc(N4C[C@H](c5cc(F)c(F)cc5F)[C@@H](N)C4)nc3)CC2)n1. The van der Waals surface area contributed by atoms with Crippen LogP contribution in [0.4, 0.5) is 19.1 Å². The van der Waals surface area contributed by atoms with Crippen molar-refractivity contribution >= 4 is 11.9 Å². The second kappa shape index (κ2) is 11.2. The number of ether oxygens (including phenoxy) is 1. The average molecular weight is 546 g/mol. The van der Waals surface area contributed by atoms with Gasteiger partial charge in [0.15, 0.2) is 23.2 Å². The lowest BCUT2D eigenvalue weighted by atomic mass is 9.94. The minimum atomic E-state index is -1.23. The van der Waals surface area contributed by atoms with Crippen LogP contribution in [0.5, 0.6) is 5.75 Å². The van der Waals surface area contributed by atoms with Crippen LogP contribution >= 0.6 is 0 Å². The van der Waals surface area contributed by atoms with Crippen LogP contribution in [0.1, 0.15) is 60.6 Å². The predicted molar refractivity (Wildman–Crippen MR) is 134 cm³/mol. The summed E-state index contributed by atoms with van der Waals surface area (Å²) in [6.45, 7) is 6.05. The van der Waals surface area contributed by atoms with E-state index in [4.69, 9.17) is 15.0 Å². The Bertz CT molecular complexity index is 1310. The summed E-state index contributed by atoms with van der Waals surface area (Å²) in [6.07, 6.45) is 4.65. The summed E-state index contributed by atoms with van der Waals surface area (Å²) in [5.74, 6) is -2.21. The van der Waals surface area contributed by atoms with Crippen molar-refractivity contribution in [2.75, 3.05) is 37.7 Å². The Morgan fingerprint density at radius 3 is 2.46 bits per heavy atom. The number of benzene rings is 1. The van der Waals surface area contributed by atoms with Crippen LogP contribution in [0, 0.1) is 23.4 Å². The van der Waals surface area contributed by atoms with Crippen molar-refractivity contribution in [3.05, 3.63) is 59.3 Å². The maximum Gasteiger partial charge on any atom is 0.316 e. The topological polar surface area (TPSA) is 124 Å². The third kappa shape index (κ3) is 5.82. The van der Waals surface area contributed by atoms with Crippen LogP contribution in [0.15, 0.2) is 29.0 Å². The van der Waals surface area contributed by atoms with Crippen LogP contribution in [0.2, 0.25) is 0 Å². The standard InChI is InChI=1S/C26H30F3N7O3/c1-14(2)23-33-24(39-34-23)25(37)35-5-3-15(4-6-35)13-38-16-9-31-26(32-10-16)36-11-18(22(30)12-36)17-7-20(28)21(29)8-19(17)27/h7-10,14-15,18,22H,3-6,11-13,30H2,1-2H3/t18-,22+/m1/s1. The molecular formula is C26H30F3N7O3. The molecule has 2 aliphatic rings. The van der Waals surface area contributed by atoms with Gasteiger partial charge < -0.3 is 24.8 Å². The number of nitrogens with zero attached hydrogens (tertiary/aromatic N) is 6. The number of rotatable bonds is 7.